The van der Waals surface area contributed by atoms with E-state index in [1.54, 1.807) is 12.1 Å². The zero-order valence-electron chi connectivity index (χ0n) is 10.2. The lowest BCUT2D eigenvalue weighted by molar-refractivity contribution is -0.108. The average Bonchev–Trinajstić information content (AvgIpc) is 2.39. The zero-order chi connectivity index (χ0) is 12.7. The average molecular weight is 231 g/mol. The molecule has 0 radical (unpaired) electrons. The number of carbonyl (C=O) groups excluding carboxylic acids is 2. The number of ketones is 1. The van der Waals surface area contributed by atoms with Crippen LogP contribution in [0.1, 0.15) is 37.0 Å². The summed E-state index contributed by atoms with van der Waals surface area (Å²) >= 11 is 0. The summed E-state index contributed by atoms with van der Waals surface area (Å²) in [6.07, 6.45) is 2.07. The fourth-order valence-corrected chi connectivity index (χ4v) is 1.72. The van der Waals surface area contributed by atoms with Crippen molar-refractivity contribution >= 4 is 12.2 Å². The molecule has 0 aliphatic heterocycles. The Morgan fingerprint density at radius 2 is 1.76 bits per heavy atom. The molecule has 0 heterocycles. The van der Waals surface area contributed by atoms with E-state index >= 15 is 0 Å². The fourth-order valence-electron chi connectivity index (χ4n) is 1.72. The van der Waals surface area contributed by atoms with Gasteiger partial charge in [-0.05, 0) is 18.4 Å². The number of benzene rings is 1. The molecule has 90 valence electrons. The second-order valence-electron chi connectivity index (χ2n) is 3.64. The van der Waals surface area contributed by atoms with Crippen molar-refractivity contribution in [1.29, 1.82) is 0 Å². The maximum absolute atomic E-state index is 12.2. The summed E-state index contributed by atoms with van der Waals surface area (Å²) in [5.41, 5.74) is 1.97. The SMILES string of the molecule is CCC(CC)=C(NC=O)C(=O)c1ccccc1. The topological polar surface area (TPSA) is 46.2 Å². The molecule has 0 bridgehead atoms. The number of carbonyl (C=O) groups is 2. The second-order valence-corrected chi connectivity index (χ2v) is 3.64. The molecule has 1 aromatic carbocycles. The molecule has 0 fully saturated rings. The van der Waals surface area contributed by atoms with Crippen LogP contribution in [-0.2, 0) is 4.79 Å². The summed E-state index contributed by atoms with van der Waals surface area (Å²) in [6, 6.07) is 8.97. The van der Waals surface area contributed by atoms with E-state index in [1.165, 1.54) is 0 Å². The monoisotopic (exact) mass is 231 g/mol. The van der Waals surface area contributed by atoms with Gasteiger partial charge in [0.15, 0.2) is 0 Å². The third-order valence-corrected chi connectivity index (χ3v) is 2.67. The van der Waals surface area contributed by atoms with E-state index in [9.17, 15) is 9.59 Å². The highest BCUT2D eigenvalue weighted by atomic mass is 16.1. The zero-order valence-corrected chi connectivity index (χ0v) is 10.2. The van der Waals surface area contributed by atoms with Crippen LogP contribution in [0.15, 0.2) is 41.6 Å². The molecule has 0 unspecified atom stereocenters. The number of allylic oxidation sites excluding steroid dienone is 2. The van der Waals surface area contributed by atoms with E-state index in [4.69, 9.17) is 0 Å². The van der Waals surface area contributed by atoms with Crippen LogP contribution in [0, 0.1) is 0 Å². The summed E-state index contributed by atoms with van der Waals surface area (Å²) in [6.45, 7) is 3.95. The molecule has 1 amide bonds. The number of amides is 1. The van der Waals surface area contributed by atoms with Gasteiger partial charge < -0.3 is 5.32 Å². The van der Waals surface area contributed by atoms with E-state index in [0.29, 0.717) is 17.7 Å². The third kappa shape index (κ3) is 3.28. The van der Waals surface area contributed by atoms with Gasteiger partial charge in [0.2, 0.25) is 12.2 Å². The molecular formula is C14H17NO2. The highest BCUT2D eigenvalue weighted by molar-refractivity contribution is 6.09. The van der Waals surface area contributed by atoms with Gasteiger partial charge in [-0.15, -0.1) is 0 Å². The molecule has 0 saturated carbocycles. The molecule has 1 rings (SSSR count). The molecule has 1 N–H and O–H groups in total. The van der Waals surface area contributed by atoms with Gasteiger partial charge in [0.05, 0.1) is 5.70 Å². The van der Waals surface area contributed by atoms with Gasteiger partial charge in [-0.3, -0.25) is 9.59 Å². The number of rotatable bonds is 6. The second kappa shape index (κ2) is 6.63. The maximum atomic E-state index is 12.2. The van der Waals surface area contributed by atoms with Crippen LogP contribution in [0.5, 0.6) is 0 Å². The summed E-state index contributed by atoms with van der Waals surface area (Å²) in [5.74, 6) is -0.128. The van der Waals surface area contributed by atoms with Gasteiger partial charge in [0, 0.05) is 5.56 Å². The lowest BCUT2D eigenvalue weighted by atomic mass is 10.0. The first-order valence-corrected chi connectivity index (χ1v) is 5.76. The minimum atomic E-state index is -0.128. The van der Waals surface area contributed by atoms with E-state index in [2.05, 4.69) is 5.32 Å². The van der Waals surface area contributed by atoms with Gasteiger partial charge in [-0.1, -0.05) is 44.2 Å². The number of hydrogen-bond donors (Lipinski definition) is 1. The Balaban J connectivity index is 3.12. The molecule has 0 saturated heterocycles. The van der Waals surface area contributed by atoms with Crippen LogP contribution >= 0.6 is 0 Å². The van der Waals surface area contributed by atoms with Crippen LogP contribution in [0.4, 0.5) is 0 Å². The minimum Gasteiger partial charge on any atom is -0.325 e. The first-order valence-electron chi connectivity index (χ1n) is 5.76. The lowest BCUT2D eigenvalue weighted by Crippen LogP contribution is -2.21. The Labute approximate surface area is 102 Å². The summed E-state index contributed by atoms with van der Waals surface area (Å²) in [5, 5.41) is 2.53. The molecule has 0 atom stereocenters. The molecule has 3 heteroatoms. The fraction of sp³-hybridized carbons (Fsp3) is 0.286. The van der Waals surface area contributed by atoms with E-state index in [-0.39, 0.29) is 5.78 Å². The molecule has 0 aromatic heterocycles. The largest absolute Gasteiger partial charge is 0.325 e. The predicted molar refractivity (Wildman–Crippen MR) is 67.6 cm³/mol. The van der Waals surface area contributed by atoms with Crippen molar-refractivity contribution < 1.29 is 9.59 Å². The molecular weight excluding hydrogens is 214 g/mol. The van der Waals surface area contributed by atoms with Gasteiger partial charge in [0.25, 0.3) is 0 Å². The highest BCUT2D eigenvalue weighted by Crippen LogP contribution is 2.15. The Kier molecular flexibility index (Phi) is 5.14. The summed E-state index contributed by atoms with van der Waals surface area (Å²) < 4.78 is 0. The Bertz CT molecular complexity index is 415. The van der Waals surface area contributed by atoms with Crippen molar-refractivity contribution in [3.05, 3.63) is 47.2 Å². The Hall–Kier alpha value is -1.90. The first kappa shape index (κ1) is 13.2. The Morgan fingerprint density at radius 1 is 1.18 bits per heavy atom. The van der Waals surface area contributed by atoms with Gasteiger partial charge in [-0.25, -0.2) is 0 Å². The van der Waals surface area contributed by atoms with Gasteiger partial charge in [0.1, 0.15) is 0 Å². The first-order chi connectivity index (χ1) is 8.24. The van der Waals surface area contributed by atoms with Gasteiger partial charge in [-0.2, -0.15) is 0 Å². The summed E-state index contributed by atoms with van der Waals surface area (Å²) in [4.78, 5) is 22.8. The van der Waals surface area contributed by atoms with Gasteiger partial charge >= 0.3 is 0 Å². The van der Waals surface area contributed by atoms with Crippen molar-refractivity contribution in [2.45, 2.75) is 26.7 Å². The van der Waals surface area contributed by atoms with Crippen LogP contribution < -0.4 is 5.32 Å². The normalized spacial score (nSPS) is 9.53. The predicted octanol–water partition coefficient (Wildman–Crippen LogP) is 2.69. The Morgan fingerprint density at radius 3 is 2.24 bits per heavy atom. The number of nitrogens with one attached hydrogen (secondary N) is 1. The molecule has 3 nitrogen and oxygen atoms in total. The van der Waals surface area contributed by atoms with E-state index in [0.717, 1.165) is 18.4 Å². The minimum absolute atomic E-state index is 0.128. The number of Topliss-reactive ketones (excluding diaryl/α,β-unsaturated/α-hetero) is 1. The standard InChI is InChI=1S/C14H17NO2/c1-3-11(4-2)13(15-10-16)14(17)12-8-6-5-7-9-12/h5-10H,3-4H2,1-2H3,(H,15,16). The van der Waals surface area contributed by atoms with Crippen LogP contribution in [0.3, 0.4) is 0 Å². The van der Waals surface area contributed by atoms with Crippen molar-refractivity contribution in [3.63, 3.8) is 0 Å². The van der Waals surface area contributed by atoms with Crippen molar-refractivity contribution in [1.82, 2.24) is 5.32 Å². The van der Waals surface area contributed by atoms with Crippen molar-refractivity contribution in [3.8, 4) is 0 Å². The molecule has 0 spiro atoms. The molecule has 17 heavy (non-hydrogen) atoms. The molecule has 0 aliphatic rings. The maximum Gasteiger partial charge on any atom is 0.211 e. The van der Waals surface area contributed by atoms with Crippen LogP contribution in [0.25, 0.3) is 0 Å². The third-order valence-electron chi connectivity index (χ3n) is 2.67. The van der Waals surface area contributed by atoms with E-state index in [1.807, 2.05) is 32.0 Å². The van der Waals surface area contributed by atoms with Crippen LogP contribution in [0.2, 0.25) is 0 Å². The van der Waals surface area contributed by atoms with Crippen LogP contribution in [-0.4, -0.2) is 12.2 Å². The quantitative estimate of drug-likeness (QED) is 0.465. The highest BCUT2D eigenvalue weighted by Gasteiger charge is 2.14. The van der Waals surface area contributed by atoms with Crippen molar-refractivity contribution in [2.24, 2.45) is 0 Å². The summed E-state index contributed by atoms with van der Waals surface area (Å²) in [7, 11) is 0. The van der Waals surface area contributed by atoms with E-state index < -0.39 is 0 Å². The smallest absolute Gasteiger partial charge is 0.211 e. The molecule has 0 aliphatic carbocycles. The van der Waals surface area contributed by atoms with Crippen molar-refractivity contribution in [2.75, 3.05) is 0 Å². The molecule has 1 aromatic rings. The number of hydrogen-bond acceptors (Lipinski definition) is 2. The lowest BCUT2D eigenvalue weighted by Gasteiger charge is -2.10.